The lowest BCUT2D eigenvalue weighted by Gasteiger charge is -2.12. The van der Waals surface area contributed by atoms with E-state index in [0.29, 0.717) is 17.0 Å². The van der Waals surface area contributed by atoms with E-state index in [1.165, 1.54) is 5.56 Å². The fourth-order valence-corrected chi connectivity index (χ4v) is 3.33. The van der Waals surface area contributed by atoms with E-state index in [0.717, 1.165) is 24.3 Å². The highest BCUT2D eigenvalue weighted by Gasteiger charge is 2.16. The lowest BCUT2D eigenvalue weighted by Crippen LogP contribution is -2.15. The number of hydrogen-bond donors (Lipinski definition) is 0. The molecule has 0 amide bonds. The topological polar surface area (TPSA) is 39.3 Å². The smallest absolute Gasteiger partial charge is 0.267 e. The van der Waals surface area contributed by atoms with Crippen LogP contribution in [0.15, 0.2) is 65.6 Å². The Bertz CT molecular complexity index is 1090. The molecule has 4 nitrogen and oxygen atoms in total. The highest BCUT2D eigenvalue weighted by atomic mass is 16.1. The summed E-state index contributed by atoms with van der Waals surface area (Å²) in [7, 11) is 0. The molecule has 0 saturated carbocycles. The van der Waals surface area contributed by atoms with Gasteiger partial charge in [-0.3, -0.25) is 9.20 Å². The molecule has 126 valence electrons. The van der Waals surface area contributed by atoms with Crippen molar-refractivity contribution < 1.29 is 0 Å². The van der Waals surface area contributed by atoms with Crippen LogP contribution in [0.2, 0.25) is 0 Å². The van der Waals surface area contributed by atoms with Crippen molar-refractivity contribution in [3.63, 3.8) is 0 Å². The first-order valence-electron chi connectivity index (χ1n) is 8.67. The van der Waals surface area contributed by atoms with Crippen molar-refractivity contribution in [2.24, 2.45) is 5.92 Å². The normalized spacial score (nSPS) is 11.6. The fourth-order valence-electron chi connectivity index (χ4n) is 3.33. The van der Waals surface area contributed by atoms with Crippen LogP contribution in [0.25, 0.3) is 16.7 Å². The molecule has 0 atom stereocenters. The van der Waals surface area contributed by atoms with Crippen molar-refractivity contribution in [3.05, 3.63) is 82.4 Å². The summed E-state index contributed by atoms with van der Waals surface area (Å²) >= 11 is 0. The Balaban J connectivity index is 1.98. The summed E-state index contributed by atoms with van der Waals surface area (Å²) in [6.07, 6.45) is 2.70. The molecule has 4 aromatic rings. The second-order valence-corrected chi connectivity index (χ2v) is 6.89. The van der Waals surface area contributed by atoms with Gasteiger partial charge in [-0.15, -0.1) is 0 Å². The van der Waals surface area contributed by atoms with Crippen LogP contribution in [0, 0.1) is 5.92 Å². The first kappa shape index (κ1) is 15.6. The SMILES string of the molecule is CC(C)Cc1cc2c(=O)n3ccccc3nc2n1Cc1ccccc1. The average Bonchev–Trinajstić information content (AvgIpc) is 2.93. The number of nitrogens with zero attached hydrogens (tertiary/aromatic N) is 3. The Hall–Kier alpha value is -2.88. The number of rotatable bonds is 4. The zero-order valence-corrected chi connectivity index (χ0v) is 14.5. The molecule has 0 aliphatic carbocycles. The van der Waals surface area contributed by atoms with Crippen LogP contribution in [-0.2, 0) is 13.0 Å². The van der Waals surface area contributed by atoms with Gasteiger partial charge in [0.25, 0.3) is 5.56 Å². The van der Waals surface area contributed by atoms with Crippen molar-refractivity contribution in [1.29, 1.82) is 0 Å². The second-order valence-electron chi connectivity index (χ2n) is 6.89. The molecule has 0 radical (unpaired) electrons. The molecule has 4 heteroatoms. The Morgan fingerprint density at radius 1 is 1.04 bits per heavy atom. The lowest BCUT2D eigenvalue weighted by molar-refractivity contribution is 0.608. The van der Waals surface area contributed by atoms with Crippen LogP contribution >= 0.6 is 0 Å². The van der Waals surface area contributed by atoms with Crippen LogP contribution in [0.3, 0.4) is 0 Å². The van der Waals surface area contributed by atoms with E-state index in [-0.39, 0.29) is 5.56 Å². The van der Waals surface area contributed by atoms with Gasteiger partial charge in [-0.25, -0.2) is 4.98 Å². The molecule has 0 unspecified atom stereocenters. The van der Waals surface area contributed by atoms with E-state index in [1.54, 1.807) is 10.6 Å². The number of benzene rings is 1. The monoisotopic (exact) mass is 331 g/mol. The molecule has 0 bridgehead atoms. The maximum atomic E-state index is 12.9. The number of hydrogen-bond acceptors (Lipinski definition) is 2. The minimum Gasteiger partial charge on any atom is -0.325 e. The molecule has 0 aliphatic rings. The third-order valence-corrected chi connectivity index (χ3v) is 4.46. The number of pyridine rings is 1. The van der Waals surface area contributed by atoms with Crippen molar-refractivity contribution in [2.75, 3.05) is 0 Å². The predicted octanol–water partition coefficient (Wildman–Crippen LogP) is 3.90. The van der Waals surface area contributed by atoms with Gasteiger partial charge >= 0.3 is 0 Å². The quantitative estimate of drug-likeness (QED) is 0.569. The minimum atomic E-state index is -0.00239. The van der Waals surface area contributed by atoms with Gasteiger partial charge in [-0.05, 0) is 36.1 Å². The van der Waals surface area contributed by atoms with Crippen LogP contribution < -0.4 is 5.56 Å². The molecule has 1 aromatic carbocycles. The maximum absolute atomic E-state index is 12.9. The Morgan fingerprint density at radius 2 is 1.80 bits per heavy atom. The van der Waals surface area contributed by atoms with Gasteiger partial charge in [-0.2, -0.15) is 0 Å². The summed E-state index contributed by atoms with van der Waals surface area (Å²) in [4.78, 5) is 17.7. The van der Waals surface area contributed by atoms with E-state index in [4.69, 9.17) is 4.98 Å². The highest BCUT2D eigenvalue weighted by Crippen LogP contribution is 2.21. The van der Waals surface area contributed by atoms with Crippen molar-refractivity contribution in [2.45, 2.75) is 26.8 Å². The standard InChI is InChI=1S/C21H21N3O/c1-15(2)12-17-13-18-20(24(17)14-16-8-4-3-5-9-16)22-19-10-6-7-11-23(19)21(18)25/h3-11,13,15H,12,14H2,1-2H3. The first-order chi connectivity index (χ1) is 12.1. The third kappa shape index (κ3) is 2.84. The van der Waals surface area contributed by atoms with Crippen LogP contribution in [0.1, 0.15) is 25.1 Å². The first-order valence-corrected chi connectivity index (χ1v) is 8.67. The Labute approximate surface area is 146 Å². The van der Waals surface area contributed by atoms with E-state index >= 15 is 0 Å². The van der Waals surface area contributed by atoms with E-state index < -0.39 is 0 Å². The Morgan fingerprint density at radius 3 is 2.56 bits per heavy atom. The molecule has 0 spiro atoms. The number of fused-ring (bicyclic) bond motifs is 2. The van der Waals surface area contributed by atoms with E-state index in [1.807, 2.05) is 42.5 Å². The molecule has 3 heterocycles. The van der Waals surface area contributed by atoms with Gasteiger partial charge in [0.2, 0.25) is 0 Å². The Kier molecular flexibility index (Phi) is 3.88. The van der Waals surface area contributed by atoms with E-state index in [2.05, 4.69) is 30.5 Å². The molecular formula is C21H21N3O. The van der Waals surface area contributed by atoms with Gasteiger partial charge in [0, 0.05) is 18.4 Å². The molecule has 4 rings (SSSR count). The summed E-state index contributed by atoms with van der Waals surface area (Å²) < 4.78 is 3.81. The minimum absolute atomic E-state index is 0.00239. The zero-order valence-electron chi connectivity index (χ0n) is 14.5. The van der Waals surface area contributed by atoms with E-state index in [9.17, 15) is 4.79 Å². The maximum Gasteiger partial charge on any atom is 0.267 e. The van der Waals surface area contributed by atoms with Gasteiger partial charge in [0.1, 0.15) is 11.3 Å². The second kappa shape index (κ2) is 6.20. The van der Waals surface area contributed by atoms with Gasteiger partial charge in [0.15, 0.2) is 0 Å². The lowest BCUT2D eigenvalue weighted by atomic mass is 10.1. The van der Waals surface area contributed by atoms with Gasteiger partial charge in [0.05, 0.1) is 5.39 Å². The van der Waals surface area contributed by atoms with Crippen molar-refractivity contribution in [1.82, 2.24) is 14.0 Å². The highest BCUT2D eigenvalue weighted by molar-refractivity contribution is 5.79. The van der Waals surface area contributed by atoms with Crippen LogP contribution in [0.4, 0.5) is 0 Å². The zero-order chi connectivity index (χ0) is 17.4. The molecule has 0 fully saturated rings. The summed E-state index contributed by atoms with van der Waals surface area (Å²) in [5, 5.41) is 0.690. The van der Waals surface area contributed by atoms with Crippen molar-refractivity contribution in [3.8, 4) is 0 Å². The third-order valence-electron chi connectivity index (χ3n) is 4.46. The fraction of sp³-hybridized carbons (Fsp3) is 0.238. The van der Waals surface area contributed by atoms with Crippen molar-refractivity contribution >= 4 is 16.7 Å². The summed E-state index contributed by atoms with van der Waals surface area (Å²) in [5.74, 6) is 0.510. The molecule has 0 aliphatic heterocycles. The molecule has 25 heavy (non-hydrogen) atoms. The molecular weight excluding hydrogens is 310 g/mol. The number of aromatic nitrogens is 3. The molecule has 3 aromatic heterocycles. The predicted molar refractivity (Wildman–Crippen MR) is 101 cm³/mol. The molecule has 0 saturated heterocycles. The largest absolute Gasteiger partial charge is 0.325 e. The molecule has 0 N–H and O–H groups in total. The summed E-state index contributed by atoms with van der Waals surface area (Å²) in [6.45, 7) is 5.12. The van der Waals surface area contributed by atoms with Gasteiger partial charge in [-0.1, -0.05) is 50.2 Å². The summed E-state index contributed by atoms with van der Waals surface area (Å²) in [5.41, 5.74) is 3.83. The average molecular weight is 331 g/mol. The van der Waals surface area contributed by atoms with Gasteiger partial charge < -0.3 is 4.57 Å². The van der Waals surface area contributed by atoms with Crippen LogP contribution in [0.5, 0.6) is 0 Å². The summed E-state index contributed by atoms with van der Waals surface area (Å²) in [6, 6.07) is 18.0. The van der Waals surface area contributed by atoms with Crippen LogP contribution in [-0.4, -0.2) is 14.0 Å².